The zero-order chi connectivity index (χ0) is 19.0. The zero-order valence-electron chi connectivity index (χ0n) is 13.9. The first-order valence-corrected chi connectivity index (χ1v) is 7.96. The molecule has 0 spiro atoms. The second kappa shape index (κ2) is 7.06. The zero-order valence-corrected chi connectivity index (χ0v) is 13.9. The van der Waals surface area contributed by atoms with Crippen molar-refractivity contribution in [3.05, 3.63) is 41.7 Å². The Hall–Kier alpha value is -2.43. The van der Waals surface area contributed by atoms with Crippen molar-refractivity contribution in [2.75, 3.05) is 17.7 Å². The van der Waals surface area contributed by atoms with Crippen LogP contribution in [0, 0.1) is 17.6 Å². The maximum atomic E-state index is 13.4. The van der Waals surface area contributed by atoms with Gasteiger partial charge in [-0.25, -0.2) is 18.7 Å². The smallest absolute Gasteiger partial charge is 0.230 e. The van der Waals surface area contributed by atoms with Gasteiger partial charge in [-0.1, -0.05) is 6.07 Å². The van der Waals surface area contributed by atoms with Crippen molar-refractivity contribution in [2.45, 2.75) is 30.8 Å². The normalized spacial score (nSPS) is 26.7. The average molecular weight is 367 g/mol. The van der Waals surface area contributed by atoms with Gasteiger partial charge in [-0.05, 0) is 24.1 Å². The Kier molecular flexibility index (Phi) is 4.99. The molecule has 5 atom stereocenters. The largest absolute Gasteiger partial charge is 0.390 e. The molecule has 1 fully saturated rings. The number of anilines is 2. The fourth-order valence-electron chi connectivity index (χ4n) is 3.30. The van der Waals surface area contributed by atoms with E-state index < -0.39 is 41.9 Å². The molecule has 2 aromatic rings. The van der Waals surface area contributed by atoms with Gasteiger partial charge in [0.1, 0.15) is 12.4 Å². The average Bonchev–Trinajstić information content (AvgIpc) is 2.91. The molecule has 1 saturated carbocycles. The molecule has 1 heterocycles. The highest BCUT2D eigenvalue weighted by Crippen LogP contribution is 2.39. The van der Waals surface area contributed by atoms with Gasteiger partial charge in [0.25, 0.3) is 0 Å². The summed E-state index contributed by atoms with van der Waals surface area (Å²) in [7, 11) is 1.61. The number of nitrogens with zero attached hydrogens (tertiary/aromatic N) is 4. The van der Waals surface area contributed by atoms with Crippen molar-refractivity contribution in [3.8, 4) is 0 Å². The highest BCUT2D eigenvalue weighted by Gasteiger charge is 2.47. The minimum atomic E-state index is -1.28. The molecule has 1 aliphatic carbocycles. The van der Waals surface area contributed by atoms with Crippen molar-refractivity contribution in [3.63, 3.8) is 0 Å². The Labute approximate surface area is 148 Å². The van der Waals surface area contributed by atoms with Crippen LogP contribution in [-0.4, -0.2) is 55.6 Å². The minimum Gasteiger partial charge on any atom is -0.390 e. The second-order valence-corrected chi connectivity index (χ2v) is 6.32. The van der Waals surface area contributed by atoms with Crippen LogP contribution >= 0.6 is 0 Å². The lowest BCUT2D eigenvalue weighted by Gasteiger charge is -2.27. The molecule has 4 unspecified atom stereocenters. The van der Waals surface area contributed by atoms with Gasteiger partial charge in [0, 0.05) is 13.0 Å². The molecule has 0 amide bonds. The van der Waals surface area contributed by atoms with Gasteiger partial charge >= 0.3 is 0 Å². The summed E-state index contributed by atoms with van der Waals surface area (Å²) in [6, 6.07) is 2.41. The van der Waals surface area contributed by atoms with Gasteiger partial charge in [0.05, 0.1) is 18.2 Å². The number of likely N-dealkylation sites (N-methyl/N-ethyl adjacent to an activating group) is 1. The van der Waals surface area contributed by atoms with E-state index >= 15 is 0 Å². The summed E-state index contributed by atoms with van der Waals surface area (Å²) in [5.41, 5.74) is 5.65. The predicted octanol–water partition coefficient (Wildman–Crippen LogP) is 0.0121. The van der Waals surface area contributed by atoms with Crippen LogP contribution in [0.2, 0.25) is 0 Å². The number of rotatable bonds is 4. The molecule has 0 radical (unpaired) electrons. The number of nitrogen functional groups attached to an aromatic ring is 1. The molecule has 5 N–H and O–H groups in total. The van der Waals surface area contributed by atoms with E-state index in [-0.39, 0.29) is 23.9 Å². The summed E-state index contributed by atoms with van der Waals surface area (Å²) >= 11 is 0. The van der Waals surface area contributed by atoms with E-state index in [2.05, 4.69) is 15.0 Å². The summed E-state index contributed by atoms with van der Waals surface area (Å²) < 4.78 is 26.5. The van der Waals surface area contributed by atoms with Crippen molar-refractivity contribution in [2.24, 2.45) is 5.92 Å². The van der Waals surface area contributed by atoms with Gasteiger partial charge in [-0.3, -0.25) is 0 Å². The molecular weight excluding hydrogens is 348 g/mol. The molecule has 0 bridgehead atoms. The summed E-state index contributed by atoms with van der Waals surface area (Å²) in [6.45, 7) is 0. The standard InChI is InChI=1S/C16H19F2N5O3/c1-23(16-21-6-20-15(19)22-16)11-5-8(13(25)14(11)26)12(24)7-2-3-9(17)10(18)4-7/h2-4,6,8,11-14,24-26H,5H2,1H3,(H2,19,20,21,22)/t8?,11?,12?,13-,14?/m1/s1. The van der Waals surface area contributed by atoms with Gasteiger partial charge < -0.3 is 26.0 Å². The third-order valence-electron chi connectivity index (χ3n) is 4.78. The number of benzene rings is 1. The number of hydrogen-bond acceptors (Lipinski definition) is 8. The van der Waals surface area contributed by atoms with Gasteiger partial charge in [-0.2, -0.15) is 4.98 Å². The maximum Gasteiger partial charge on any atom is 0.230 e. The van der Waals surface area contributed by atoms with E-state index in [9.17, 15) is 24.1 Å². The fraction of sp³-hybridized carbons (Fsp3) is 0.438. The SMILES string of the molecule is CN(c1ncnc(N)n1)C1CC(C(O)c2ccc(F)c(F)c2)[C@@H](O)C1O. The third kappa shape index (κ3) is 3.30. The topological polar surface area (TPSA) is 129 Å². The van der Waals surface area contributed by atoms with Crippen molar-refractivity contribution >= 4 is 11.9 Å². The first-order chi connectivity index (χ1) is 12.3. The van der Waals surface area contributed by atoms with Crippen LogP contribution in [0.3, 0.4) is 0 Å². The molecule has 10 heteroatoms. The Morgan fingerprint density at radius 1 is 1.19 bits per heavy atom. The van der Waals surface area contributed by atoms with Crippen LogP contribution in [0.5, 0.6) is 0 Å². The first-order valence-electron chi connectivity index (χ1n) is 7.96. The van der Waals surface area contributed by atoms with Crippen molar-refractivity contribution in [1.29, 1.82) is 0 Å². The summed E-state index contributed by atoms with van der Waals surface area (Å²) in [5.74, 6) is -2.70. The van der Waals surface area contributed by atoms with Crippen LogP contribution in [-0.2, 0) is 0 Å². The van der Waals surface area contributed by atoms with E-state index in [4.69, 9.17) is 5.73 Å². The van der Waals surface area contributed by atoms with Gasteiger partial charge in [0.2, 0.25) is 11.9 Å². The van der Waals surface area contributed by atoms with Crippen molar-refractivity contribution in [1.82, 2.24) is 15.0 Å². The highest BCUT2D eigenvalue weighted by molar-refractivity contribution is 5.35. The summed E-state index contributed by atoms with van der Waals surface area (Å²) in [4.78, 5) is 13.2. The van der Waals surface area contributed by atoms with Gasteiger partial charge in [0.15, 0.2) is 11.6 Å². The van der Waals surface area contributed by atoms with Crippen LogP contribution in [0.4, 0.5) is 20.7 Å². The lowest BCUT2D eigenvalue weighted by atomic mass is 9.92. The lowest BCUT2D eigenvalue weighted by molar-refractivity contribution is -0.0232. The number of aliphatic hydroxyl groups excluding tert-OH is 3. The van der Waals surface area contributed by atoms with E-state index in [1.54, 1.807) is 7.05 Å². The summed E-state index contributed by atoms with van der Waals surface area (Å²) in [6.07, 6.45) is -2.37. The number of aliphatic hydroxyl groups is 3. The van der Waals surface area contributed by atoms with E-state index in [1.807, 2.05) is 0 Å². The Morgan fingerprint density at radius 2 is 1.92 bits per heavy atom. The summed E-state index contributed by atoms with van der Waals surface area (Å²) in [5, 5.41) is 31.2. The molecule has 1 aromatic carbocycles. The Balaban J connectivity index is 1.81. The molecule has 0 aliphatic heterocycles. The molecule has 1 aliphatic rings. The third-order valence-corrected chi connectivity index (χ3v) is 4.78. The second-order valence-electron chi connectivity index (χ2n) is 6.32. The van der Waals surface area contributed by atoms with E-state index in [0.717, 1.165) is 12.1 Å². The van der Waals surface area contributed by atoms with E-state index in [0.29, 0.717) is 0 Å². The quantitative estimate of drug-likeness (QED) is 0.595. The molecule has 26 heavy (non-hydrogen) atoms. The molecule has 0 saturated heterocycles. The molecule has 3 rings (SSSR count). The van der Waals surface area contributed by atoms with Crippen LogP contribution in [0.1, 0.15) is 18.1 Å². The fourth-order valence-corrected chi connectivity index (χ4v) is 3.30. The molecule has 8 nitrogen and oxygen atoms in total. The number of hydrogen-bond donors (Lipinski definition) is 4. The van der Waals surface area contributed by atoms with Crippen LogP contribution in [0.25, 0.3) is 0 Å². The van der Waals surface area contributed by atoms with Crippen LogP contribution in [0.15, 0.2) is 24.5 Å². The predicted molar refractivity (Wildman–Crippen MR) is 87.9 cm³/mol. The molecular formula is C16H19F2N5O3. The lowest BCUT2D eigenvalue weighted by Crippen LogP contribution is -2.42. The Morgan fingerprint density at radius 3 is 2.58 bits per heavy atom. The highest BCUT2D eigenvalue weighted by atomic mass is 19.2. The minimum absolute atomic E-state index is 0.00765. The first kappa shape index (κ1) is 18.4. The number of aromatic nitrogens is 3. The number of halogens is 2. The van der Waals surface area contributed by atoms with Gasteiger partial charge in [-0.15, -0.1) is 0 Å². The van der Waals surface area contributed by atoms with Crippen molar-refractivity contribution < 1.29 is 24.1 Å². The Bertz CT molecular complexity index is 796. The number of nitrogens with two attached hydrogens (primary N) is 1. The molecule has 1 aromatic heterocycles. The molecule has 140 valence electrons. The monoisotopic (exact) mass is 367 g/mol. The maximum absolute atomic E-state index is 13.4. The van der Waals surface area contributed by atoms with E-state index in [1.165, 1.54) is 17.3 Å². The van der Waals surface area contributed by atoms with Crippen LogP contribution < -0.4 is 10.6 Å².